The van der Waals surface area contributed by atoms with Gasteiger partial charge < -0.3 is 25.4 Å². The summed E-state index contributed by atoms with van der Waals surface area (Å²) in [5, 5.41) is 32.4. The number of rotatable bonds is 7. The zero-order valence-electron chi connectivity index (χ0n) is 16.0. The summed E-state index contributed by atoms with van der Waals surface area (Å²) >= 11 is 6.13. The molecule has 160 valence electrons. The lowest BCUT2D eigenvalue weighted by Gasteiger charge is -2.21. The fourth-order valence-corrected chi connectivity index (χ4v) is 3.13. The Balaban J connectivity index is 2.65. The minimum absolute atomic E-state index is 0.0600. The zero-order chi connectivity index (χ0) is 22.6. The molecule has 0 spiro atoms. The number of carbonyl (C=O) groups excluding carboxylic acids is 2. The van der Waals surface area contributed by atoms with Crippen LogP contribution in [0.15, 0.2) is 29.1 Å². The maximum atomic E-state index is 13.0. The van der Waals surface area contributed by atoms with E-state index in [1.54, 1.807) is 25.1 Å². The maximum Gasteiger partial charge on any atom is 0.345 e. The Hall–Kier alpha value is -3.53. The van der Waals surface area contributed by atoms with Gasteiger partial charge in [0.2, 0.25) is 5.88 Å². The molecule has 0 bridgehead atoms. The van der Waals surface area contributed by atoms with Crippen molar-refractivity contribution in [1.82, 2.24) is 9.88 Å². The first-order valence-electron chi connectivity index (χ1n) is 8.73. The van der Waals surface area contributed by atoms with Crippen LogP contribution in [0.4, 0.5) is 0 Å². The van der Waals surface area contributed by atoms with Crippen LogP contribution >= 0.6 is 11.6 Å². The van der Waals surface area contributed by atoms with Gasteiger partial charge in [0.25, 0.3) is 11.5 Å². The Kier molecular flexibility index (Phi) is 7.06. The van der Waals surface area contributed by atoms with Crippen molar-refractivity contribution in [3.05, 3.63) is 56.3 Å². The van der Waals surface area contributed by atoms with Crippen molar-refractivity contribution < 1.29 is 34.4 Å². The average molecular weight is 439 g/mol. The van der Waals surface area contributed by atoms with Gasteiger partial charge in [0, 0.05) is 5.02 Å². The summed E-state index contributed by atoms with van der Waals surface area (Å²) in [5.74, 6) is -6.07. The number of carboxylic acid groups (broad SMARTS) is 1. The zero-order valence-corrected chi connectivity index (χ0v) is 16.8. The van der Waals surface area contributed by atoms with E-state index in [-0.39, 0.29) is 11.6 Å². The number of nitrogens with zero attached hydrogens (tertiary/aromatic N) is 1. The highest BCUT2D eigenvalue weighted by atomic mass is 35.5. The van der Waals surface area contributed by atoms with Gasteiger partial charge in [-0.3, -0.25) is 19.0 Å². The minimum Gasteiger partial charge on any atom is -0.506 e. The Morgan fingerprint density at radius 3 is 2.40 bits per heavy atom. The molecule has 1 amide bonds. The number of carbonyl (C=O) groups is 3. The number of hydrogen-bond acceptors (Lipinski definition) is 7. The molecule has 30 heavy (non-hydrogen) atoms. The molecule has 0 saturated heterocycles. The third-order valence-corrected chi connectivity index (χ3v) is 4.58. The van der Waals surface area contributed by atoms with Gasteiger partial charge in [-0.2, -0.15) is 0 Å². The predicted molar refractivity (Wildman–Crippen MR) is 105 cm³/mol. The second-order valence-corrected chi connectivity index (χ2v) is 6.49. The molecule has 11 heteroatoms. The number of pyridine rings is 1. The number of benzene rings is 1. The van der Waals surface area contributed by atoms with Crippen LogP contribution in [0.25, 0.3) is 0 Å². The average Bonchev–Trinajstić information content (AvgIpc) is 2.66. The third kappa shape index (κ3) is 4.38. The molecule has 0 aliphatic carbocycles. The van der Waals surface area contributed by atoms with Crippen LogP contribution in [0.2, 0.25) is 5.02 Å². The second kappa shape index (κ2) is 9.31. The summed E-state index contributed by atoms with van der Waals surface area (Å²) in [6, 6.07) is 5.33. The van der Waals surface area contributed by atoms with Crippen molar-refractivity contribution in [2.24, 2.45) is 0 Å². The van der Waals surface area contributed by atoms with E-state index in [9.17, 15) is 34.5 Å². The molecule has 1 aromatic heterocycles. The summed E-state index contributed by atoms with van der Waals surface area (Å²) < 4.78 is 5.28. The van der Waals surface area contributed by atoms with Gasteiger partial charge in [-0.05, 0) is 25.5 Å². The molecule has 2 rings (SSSR count). The summed E-state index contributed by atoms with van der Waals surface area (Å²) in [4.78, 5) is 48.5. The lowest BCUT2D eigenvalue weighted by Crippen LogP contribution is -2.37. The van der Waals surface area contributed by atoms with Crippen molar-refractivity contribution in [3.63, 3.8) is 0 Å². The fraction of sp³-hybridized carbons (Fsp3) is 0.263. The lowest BCUT2D eigenvalue weighted by atomic mass is 10.1. The van der Waals surface area contributed by atoms with Gasteiger partial charge in [0.1, 0.15) is 12.1 Å². The van der Waals surface area contributed by atoms with Crippen LogP contribution in [-0.4, -0.2) is 50.9 Å². The standard InChI is InChI=1S/C19H19ClN2O8/c1-3-30-12(23)8-21-16(25)13-15(24)14(19(28)29)18(27)22(17(13)26)9(2)10-6-4-5-7-11(10)20/h4-7,9,24,27H,3,8H2,1-2H3,(H,21,25)(H,28,29). The quantitative estimate of drug-likeness (QED) is 0.474. The number of carboxylic acids is 1. The molecular weight excluding hydrogens is 420 g/mol. The smallest absolute Gasteiger partial charge is 0.345 e. The van der Waals surface area contributed by atoms with Gasteiger partial charge >= 0.3 is 11.9 Å². The molecule has 1 atom stereocenters. The number of esters is 1. The van der Waals surface area contributed by atoms with Crippen molar-refractivity contribution in [1.29, 1.82) is 0 Å². The first-order valence-corrected chi connectivity index (χ1v) is 9.11. The topological polar surface area (TPSA) is 155 Å². The van der Waals surface area contributed by atoms with Crippen LogP contribution in [0.3, 0.4) is 0 Å². The first-order chi connectivity index (χ1) is 14.1. The highest BCUT2D eigenvalue weighted by Gasteiger charge is 2.32. The molecular formula is C19H19ClN2O8. The molecule has 0 aliphatic heterocycles. The molecule has 10 nitrogen and oxygen atoms in total. The van der Waals surface area contributed by atoms with E-state index >= 15 is 0 Å². The molecule has 0 fully saturated rings. The predicted octanol–water partition coefficient (Wildman–Crippen LogP) is 1.51. The van der Waals surface area contributed by atoms with E-state index in [0.717, 1.165) is 0 Å². The normalized spacial score (nSPS) is 11.6. The van der Waals surface area contributed by atoms with Gasteiger partial charge in [-0.15, -0.1) is 0 Å². The summed E-state index contributed by atoms with van der Waals surface area (Å²) in [7, 11) is 0. The Bertz CT molecular complexity index is 1060. The van der Waals surface area contributed by atoms with E-state index < -0.39 is 58.7 Å². The monoisotopic (exact) mass is 438 g/mol. The summed E-state index contributed by atoms with van der Waals surface area (Å²) in [6.45, 7) is 2.45. The van der Waals surface area contributed by atoms with Gasteiger partial charge in [-0.1, -0.05) is 29.8 Å². The minimum atomic E-state index is -1.77. The van der Waals surface area contributed by atoms with Crippen LogP contribution in [0.5, 0.6) is 11.6 Å². The molecule has 0 radical (unpaired) electrons. The number of halogens is 1. The largest absolute Gasteiger partial charge is 0.506 e. The number of amides is 1. The fourth-order valence-electron chi connectivity index (χ4n) is 2.84. The van der Waals surface area contributed by atoms with Gasteiger partial charge in [0.15, 0.2) is 11.3 Å². The van der Waals surface area contributed by atoms with E-state index in [1.807, 2.05) is 0 Å². The number of ether oxygens (including phenoxy) is 1. The number of hydrogen-bond donors (Lipinski definition) is 4. The van der Waals surface area contributed by atoms with E-state index in [0.29, 0.717) is 10.1 Å². The molecule has 0 aliphatic rings. The Labute approximate surface area is 175 Å². The van der Waals surface area contributed by atoms with Gasteiger partial charge in [0.05, 0.1) is 12.6 Å². The third-order valence-electron chi connectivity index (χ3n) is 4.24. The highest BCUT2D eigenvalue weighted by molar-refractivity contribution is 6.31. The van der Waals surface area contributed by atoms with Crippen LogP contribution in [0, 0.1) is 0 Å². The van der Waals surface area contributed by atoms with Crippen LogP contribution in [0.1, 0.15) is 46.2 Å². The number of nitrogens with one attached hydrogen (secondary N) is 1. The van der Waals surface area contributed by atoms with Crippen molar-refractivity contribution in [2.45, 2.75) is 19.9 Å². The molecule has 4 N–H and O–H groups in total. The number of aromatic hydroxyl groups is 2. The molecule has 1 aromatic carbocycles. The van der Waals surface area contributed by atoms with Crippen LogP contribution in [-0.2, 0) is 9.53 Å². The summed E-state index contributed by atoms with van der Waals surface area (Å²) in [6.07, 6.45) is 0. The Morgan fingerprint density at radius 1 is 1.20 bits per heavy atom. The van der Waals surface area contributed by atoms with Crippen LogP contribution < -0.4 is 10.9 Å². The van der Waals surface area contributed by atoms with Crippen molar-refractivity contribution >= 4 is 29.4 Å². The Morgan fingerprint density at radius 2 is 1.83 bits per heavy atom. The van der Waals surface area contributed by atoms with E-state index in [1.165, 1.54) is 13.0 Å². The SMILES string of the molecule is CCOC(=O)CNC(=O)c1c(O)c(C(=O)O)c(O)n(C(C)c2ccccc2Cl)c1=O. The lowest BCUT2D eigenvalue weighted by molar-refractivity contribution is -0.141. The summed E-state index contributed by atoms with van der Waals surface area (Å²) in [5.41, 5.74) is -2.82. The van der Waals surface area contributed by atoms with Crippen molar-refractivity contribution in [2.75, 3.05) is 13.2 Å². The second-order valence-electron chi connectivity index (χ2n) is 6.09. The maximum absolute atomic E-state index is 13.0. The number of aromatic carboxylic acids is 1. The molecule has 1 unspecified atom stereocenters. The number of aromatic nitrogens is 1. The molecule has 0 saturated carbocycles. The first kappa shape index (κ1) is 22.8. The highest BCUT2D eigenvalue weighted by Crippen LogP contribution is 2.33. The van der Waals surface area contributed by atoms with E-state index in [2.05, 4.69) is 10.1 Å². The van der Waals surface area contributed by atoms with Gasteiger partial charge in [-0.25, -0.2) is 4.79 Å². The molecule has 1 heterocycles. The van der Waals surface area contributed by atoms with E-state index in [4.69, 9.17) is 11.6 Å². The molecule has 2 aromatic rings. The van der Waals surface area contributed by atoms with Crippen molar-refractivity contribution in [3.8, 4) is 11.6 Å².